The van der Waals surface area contributed by atoms with E-state index in [0.29, 0.717) is 43.2 Å². The summed E-state index contributed by atoms with van der Waals surface area (Å²) in [7, 11) is 0. The number of benzene rings is 1. The highest BCUT2D eigenvalue weighted by molar-refractivity contribution is 6.09. The van der Waals surface area contributed by atoms with Crippen LogP contribution in [0.5, 0.6) is 0 Å². The summed E-state index contributed by atoms with van der Waals surface area (Å²) in [5.41, 5.74) is 4.10. The first-order valence-corrected chi connectivity index (χ1v) is 9.65. The van der Waals surface area contributed by atoms with E-state index < -0.39 is 0 Å². The van der Waals surface area contributed by atoms with Crippen LogP contribution < -0.4 is 15.8 Å². The minimum absolute atomic E-state index is 0.160. The Balaban J connectivity index is 1.72. The molecule has 152 valence electrons. The Labute approximate surface area is 173 Å². The summed E-state index contributed by atoms with van der Waals surface area (Å²) < 4.78 is 5.40. The maximum Gasteiger partial charge on any atom is 0.257 e. The number of anilines is 2. The van der Waals surface area contributed by atoms with Gasteiger partial charge in [0.15, 0.2) is 0 Å². The normalized spacial score (nSPS) is 13.8. The SMILES string of the molecule is Cc1cc2[nH]c(=O)cc(C)c2cc1NC(=O)c1cc(C#N)ncc1N1CCOCC1. The molecule has 0 atom stereocenters. The number of morpholine rings is 1. The second-order valence-electron chi connectivity index (χ2n) is 7.28. The topological polar surface area (TPSA) is 111 Å². The molecule has 8 heteroatoms. The van der Waals surface area contributed by atoms with Gasteiger partial charge in [0.05, 0.1) is 30.7 Å². The van der Waals surface area contributed by atoms with Gasteiger partial charge in [0.25, 0.3) is 5.91 Å². The fraction of sp³-hybridized carbons (Fsp3) is 0.273. The van der Waals surface area contributed by atoms with E-state index in [4.69, 9.17) is 4.74 Å². The van der Waals surface area contributed by atoms with Crippen molar-refractivity contribution in [3.05, 3.63) is 63.2 Å². The molecule has 0 radical (unpaired) electrons. The Kier molecular flexibility index (Phi) is 5.21. The molecular formula is C22H21N5O3. The second-order valence-corrected chi connectivity index (χ2v) is 7.28. The van der Waals surface area contributed by atoms with Crippen LogP contribution in [0.2, 0.25) is 0 Å². The Bertz CT molecular complexity index is 1240. The fourth-order valence-electron chi connectivity index (χ4n) is 3.65. The molecule has 0 bridgehead atoms. The average Bonchev–Trinajstić information content (AvgIpc) is 2.74. The van der Waals surface area contributed by atoms with Crippen LogP contribution in [0, 0.1) is 25.2 Å². The van der Waals surface area contributed by atoms with Gasteiger partial charge in [0.2, 0.25) is 5.56 Å². The number of H-pyrrole nitrogens is 1. The van der Waals surface area contributed by atoms with E-state index in [1.165, 1.54) is 12.1 Å². The molecule has 1 aromatic carbocycles. The van der Waals surface area contributed by atoms with Crippen molar-refractivity contribution in [2.45, 2.75) is 13.8 Å². The van der Waals surface area contributed by atoms with E-state index in [1.54, 1.807) is 6.20 Å². The zero-order valence-corrected chi connectivity index (χ0v) is 16.8. The number of fused-ring (bicyclic) bond motifs is 1. The molecule has 2 aromatic heterocycles. The molecule has 0 saturated carbocycles. The predicted molar refractivity (Wildman–Crippen MR) is 114 cm³/mol. The number of ether oxygens (including phenoxy) is 1. The van der Waals surface area contributed by atoms with Gasteiger partial charge in [-0.3, -0.25) is 9.59 Å². The van der Waals surface area contributed by atoms with Gasteiger partial charge in [-0.15, -0.1) is 0 Å². The minimum Gasteiger partial charge on any atom is -0.378 e. The summed E-state index contributed by atoms with van der Waals surface area (Å²) in [4.78, 5) is 33.9. The van der Waals surface area contributed by atoms with Gasteiger partial charge in [-0.2, -0.15) is 5.26 Å². The van der Waals surface area contributed by atoms with Crippen molar-refractivity contribution < 1.29 is 9.53 Å². The number of aromatic amines is 1. The number of nitriles is 1. The van der Waals surface area contributed by atoms with Crippen LogP contribution in [0.3, 0.4) is 0 Å². The van der Waals surface area contributed by atoms with E-state index in [9.17, 15) is 14.9 Å². The molecule has 1 saturated heterocycles. The molecule has 1 aliphatic rings. The highest BCUT2D eigenvalue weighted by Crippen LogP contribution is 2.27. The van der Waals surface area contributed by atoms with Gasteiger partial charge in [-0.1, -0.05) is 0 Å². The zero-order valence-electron chi connectivity index (χ0n) is 16.8. The minimum atomic E-state index is -0.320. The summed E-state index contributed by atoms with van der Waals surface area (Å²) in [5.74, 6) is -0.320. The highest BCUT2D eigenvalue weighted by Gasteiger charge is 2.21. The Hall–Kier alpha value is -3.70. The van der Waals surface area contributed by atoms with Crippen molar-refractivity contribution >= 4 is 28.2 Å². The van der Waals surface area contributed by atoms with Crippen molar-refractivity contribution in [1.29, 1.82) is 5.26 Å². The quantitative estimate of drug-likeness (QED) is 0.695. The average molecular weight is 403 g/mol. The summed E-state index contributed by atoms with van der Waals surface area (Å²) in [5, 5.41) is 13.1. The third kappa shape index (κ3) is 3.75. The van der Waals surface area contributed by atoms with Gasteiger partial charge in [-0.25, -0.2) is 4.98 Å². The third-order valence-electron chi connectivity index (χ3n) is 5.24. The molecule has 2 N–H and O–H groups in total. The second kappa shape index (κ2) is 7.97. The van der Waals surface area contributed by atoms with Crippen LogP contribution in [0.15, 0.2) is 35.3 Å². The molecule has 0 unspecified atom stereocenters. The molecule has 4 rings (SSSR count). The molecule has 0 spiro atoms. The lowest BCUT2D eigenvalue weighted by atomic mass is 10.1. The summed E-state index contributed by atoms with van der Waals surface area (Å²) >= 11 is 0. The van der Waals surface area contributed by atoms with Crippen molar-refractivity contribution in [3.8, 4) is 6.07 Å². The molecule has 1 amide bonds. The lowest BCUT2D eigenvalue weighted by molar-refractivity contribution is 0.102. The smallest absolute Gasteiger partial charge is 0.257 e. The molecular weight excluding hydrogens is 382 g/mol. The fourth-order valence-corrected chi connectivity index (χ4v) is 3.65. The van der Waals surface area contributed by atoms with Gasteiger partial charge in [-0.05, 0) is 43.2 Å². The van der Waals surface area contributed by atoms with Gasteiger partial charge >= 0.3 is 0 Å². The molecule has 0 aliphatic carbocycles. The Morgan fingerprint density at radius 1 is 1.20 bits per heavy atom. The number of hydrogen-bond donors (Lipinski definition) is 2. The van der Waals surface area contributed by atoms with Crippen LogP contribution in [0.25, 0.3) is 10.9 Å². The van der Waals surface area contributed by atoms with Crippen molar-refractivity contribution in [2.75, 3.05) is 36.5 Å². The Morgan fingerprint density at radius 3 is 2.70 bits per heavy atom. The molecule has 3 heterocycles. The number of amides is 1. The number of pyridine rings is 2. The third-order valence-corrected chi connectivity index (χ3v) is 5.24. The highest BCUT2D eigenvalue weighted by atomic mass is 16.5. The van der Waals surface area contributed by atoms with E-state index in [-0.39, 0.29) is 17.2 Å². The first-order valence-electron chi connectivity index (χ1n) is 9.65. The standard InChI is InChI=1S/C22H21N5O3/c1-13-8-21(28)25-19-7-14(2)18(10-16(13)19)26-22(29)17-9-15(11-23)24-12-20(17)27-3-5-30-6-4-27/h7-10,12H,3-6H2,1-2H3,(H,25,28)(H,26,29). The number of nitrogens with one attached hydrogen (secondary N) is 2. The lowest BCUT2D eigenvalue weighted by Gasteiger charge is -2.30. The number of carbonyl (C=O) groups excluding carboxylic acids is 1. The lowest BCUT2D eigenvalue weighted by Crippen LogP contribution is -2.37. The van der Waals surface area contributed by atoms with Crippen LogP contribution in [-0.4, -0.2) is 42.2 Å². The zero-order chi connectivity index (χ0) is 21.3. The monoisotopic (exact) mass is 403 g/mol. The Morgan fingerprint density at radius 2 is 1.97 bits per heavy atom. The van der Waals surface area contributed by atoms with E-state index in [1.807, 2.05) is 36.9 Å². The molecule has 1 fully saturated rings. The van der Waals surface area contributed by atoms with Crippen LogP contribution in [0.4, 0.5) is 11.4 Å². The number of carbonyl (C=O) groups is 1. The predicted octanol–water partition coefficient (Wildman–Crippen LogP) is 2.50. The summed E-state index contributed by atoms with van der Waals surface area (Å²) in [6.07, 6.45) is 1.57. The summed E-state index contributed by atoms with van der Waals surface area (Å²) in [6.45, 7) is 6.17. The van der Waals surface area contributed by atoms with Crippen LogP contribution in [-0.2, 0) is 4.74 Å². The maximum absolute atomic E-state index is 13.2. The van der Waals surface area contributed by atoms with Crippen molar-refractivity contribution in [3.63, 3.8) is 0 Å². The molecule has 30 heavy (non-hydrogen) atoms. The number of hydrogen-bond acceptors (Lipinski definition) is 6. The number of rotatable bonds is 3. The van der Waals surface area contributed by atoms with E-state index in [2.05, 4.69) is 15.3 Å². The number of nitrogens with zero attached hydrogens (tertiary/aromatic N) is 3. The van der Waals surface area contributed by atoms with E-state index >= 15 is 0 Å². The molecule has 1 aliphatic heterocycles. The van der Waals surface area contributed by atoms with Crippen LogP contribution >= 0.6 is 0 Å². The first kappa shape index (κ1) is 19.6. The first-order chi connectivity index (χ1) is 14.5. The van der Waals surface area contributed by atoms with Crippen molar-refractivity contribution in [2.24, 2.45) is 0 Å². The van der Waals surface area contributed by atoms with Gasteiger partial charge in [0, 0.05) is 35.7 Å². The maximum atomic E-state index is 13.2. The number of aromatic nitrogens is 2. The largest absolute Gasteiger partial charge is 0.378 e. The molecule has 3 aromatic rings. The summed E-state index contributed by atoms with van der Waals surface area (Å²) in [6, 6.07) is 8.74. The van der Waals surface area contributed by atoms with Crippen LogP contribution in [0.1, 0.15) is 27.2 Å². The molecule has 8 nitrogen and oxygen atoms in total. The number of aryl methyl sites for hydroxylation is 2. The van der Waals surface area contributed by atoms with Gasteiger partial charge < -0.3 is 19.9 Å². The van der Waals surface area contributed by atoms with Crippen molar-refractivity contribution in [1.82, 2.24) is 9.97 Å². The van der Waals surface area contributed by atoms with Gasteiger partial charge in [0.1, 0.15) is 11.8 Å². The van der Waals surface area contributed by atoms with E-state index in [0.717, 1.165) is 22.0 Å².